The Balaban J connectivity index is 1.38. The molecule has 4 aromatic rings. The van der Waals surface area contributed by atoms with E-state index in [-0.39, 0.29) is 0 Å². The lowest BCUT2D eigenvalue weighted by Crippen LogP contribution is -2.31. The minimum absolute atomic E-state index is 0.664. The minimum atomic E-state index is 0.664. The molecule has 0 bridgehead atoms. The van der Waals surface area contributed by atoms with E-state index in [4.69, 9.17) is 14.4 Å². The fraction of sp³-hybridized carbons (Fsp3) is 0.250. The average Bonchev–Trinajstić information content (AvgIpc) is 3.31. The van der Waals surface area contributed by atoms with Crippen molar-refractivity contribution < 1.29 is 4.42 Å². The molecule has 4 heterocycles. The van der Waals surface area contributed by atoms with Gasteiger partial charge in [-0.05, 0) is 24.3 Å². The van der Waals surface area contributed by atoms with Gasteiger partial charge in [-0.3, -0.25) is 4.90 Å². The number of fused-ring (bicyclic) bond motifs is 2. The lowest BCUT2D eigenvalue weighted by atomic mass is 10.1. The lowest BCUT2D eigenvalue weighted by molar-refractivity contribution is 0.235. The van der Waals surface area contributed by atoms with Crippen LogP contribution in [0.3, 0.4) is 0 Å². The van der Waals surface area contributed by atoms with Gasteiger partial charge in [0.25, 0.3) is 0 Å². The van der Waals surface area contributed by atoms with Crippen LogP contribution in [0.1, 0.15) is 17.1 Å². The van der Waals surface area contributed by atoms with Crippen LogP contribution in [0, 0.1) is 0 Å². The monoisotopic (exact) mass is 345 g/mol. The summed E-state index contributed by atoms with van der Waals surface area (Å²) in [6.45, 7) is 2.63. The quantitative estimate of drug-likeness (QED) is 0.571. The molecule has 0 aliphatic carbocycles. The summed E-state index contributed by atoms with van der Waals surface area (Å²) in [7, 11) is 2.08. The van der Waals surface area contributed by atoms with E-state index in [1.807, 2.05) is 24.4 Å². The van der Waals surface area contributed by atoms with Crippen LogP contribution in [-0.4, -0.2) is 31.0 Å². The van der Waals surface area contributed by atoms with Crippen molar-refractivity contribution in [2.45, 2.75) is 19.5 Å². The van der Waals surface area contributed by atoms with Gasteiger partial charge in [-0.15, -0.1) is 0 Å². The summed E-state index contributed by atoms with van der Waals surface area (Å²) in [4.78, 5) is 16.4. The molecule has 0 unspecified atom stereocenters. The third-order valence-corrected chi connectivity index (χ3v) is 5.00. The van der Waals surface area contributed by atoms with Gasteiger partial charge in [-0.25, -0.2) is 15.0 Å². The van der Waals surface area contributed by atoms with Crippen LogP contribution >= 0.6 is 0 Å². The highest BCUT2D eigenvalue weighted by Gasteiger charge is 2.21. The highest BCUT2D eigenvalue weighted by molar-refractivity contribution is 5.75. The Hall–Kier alpha value is -2.99. The number of para-hydroxylation sites is 2. The molecule has 6 nitrogen and oxygen atoms in total. The summed E-state index contributed by atoms with van der Waals surface area (Å²) in [5.74, 6) is 2.47. The van der Waals surface area contributed by atoms with Crippen molar-refractivity contribution in [3.05, 3.63) is 65.9 Å². The van der Waals surface area contributed by atoms with Crippen LogP contribution < -0.4 is 0 Å². The molecule has 0 saturated carbocycles. The van der Waals surface area contributed by atoms with Crippen molar-refractivity contribution in [2.75, 3.05) is 6.54 Å². The van der Waals surface area contributed by atoms with Crippen LogP contribution in [0.2, 0.25) is 0 Å². The number of furan rings is 1. The number of hydrogen-bond donors (Lipinski definition) is 0. The largest absolute Gasteiger partial charge is 0.461 e. The molecule has 3 aromatic heterocycles. The third-order valence-electron chi connectivity index (χ3n) is 5.00. The molecule has 1 aliphatic rings. The van der Waals surface area contributed by atoms with Crippen LogP contribution in [-0.2, 0) is 26.6 Å². The number of nitrogens with zero attached hydrogens (tertiary/aromatic N) is 5. The van der Waals surface area contributed by atoms with Gasteiger partial charge in [0.1, 0.15) is 5.82 Å². The number of imidazole rings is 1. The highest BCUT2D eigenvalue weighted by Crippen LogP contribution is 2.23. The van der Waals surface area contributed by atoms with Crippen LogP contribution in [0.15, 0.2) is 53.3 Å². The maximum Gasteiger partial charge on any atom is 0.195 e. The maximum atomic E-state index is 5.41. The molecule has 0 atom stereocenters. The van der Waals surface area contributed by atoms with E-state index >= 15 is 0 Å². The van der Waals surface area contributed by atoms with Gasteiger partial charge in [0.05, 0.1) is 29.5 Å². The first-order valence-corrected chi connectivity index (χ1v) is 8.79. The van der Waals surface area contributed by atoms with Crippen molar-refractivity contribution in [3.63, 3.8) is 0 Å². The molecule has 0 radical (unpaired) electrons. The summed E-state index contributed by atoms with van der Waals surface area (Å²) >= 11 is 0. The molecule has 6 heteroatoms. The fourth-order valence-corrected chi connectivity index (χ4v) is 3.57. The molecular formula is C20H19N5O. The predicted octanol–water partition coefficient (Wildman–Crippen LogP) is 3.18. The van der Waals surface area contributed by atoms with Crippen LogP contribution in [0.25, 0.3) is 22.6 Å². The van der Waals surface area contributed by atoms with Gasteiger partial charge >= 0.3 is 0 Å². The molecule has 0 N–H and O–H groups in total. The Kier molecular flexibility index (Phi) is 3.57. The van der Waals surface area contributed by atoms with Crippen molar-refractivity contribution in [2.24, 2.45) is 7.05 Å². The van der Waals surface area contributed by atoms with Gasteiger partial charge in [0, 0.05) is 38.3 Å². The zero-order valence-corrected chi connectivity index (χ0v) is 14.6. The maximum absolute atomic E-state index is 5.41. The Labute approximate surface area is 151 Å². The van der Waals surface area contributed by atoms with Crippen LogP contribution in [0.4, 0.5) is 0 Å². The first-order valence-electron chi connectivity index (χ1n) is 8.79. The van der Waals surface area contributed by atoms with E-state index in [2.05, 4.69) is 39.7 Å². The second kappa shape index (κ2) is 6.07. The molecule has 26 heavy (non-hydrogen) atoms. The molecule has 0 saturated heterocycles. The topological polar surface area (TPSA) is 60.0 Å². The number of benzene rings is 1. The SMILES string of the molecule is Cn1c(CN2CCc3nc(-c4ccco4)ncc3C2)nc2ccccc21. The van der Waals surface area contributed by atoms with E-state index in [1.54, 1.807) is 6.26 Å². The van der Waals surface area contributed by atoms with E-state index in [0.29, 0.717) is 5.82 Å². The molecule has 1 aromatic carbocycles. The van der Waals surface area contributed by atoms with Gasteiger partial charge in [0.15, 0.2) is 11.6 Å². The zero-order valence-electron chi connectivity index (χ0n) is 14.6. The standard InChI is InChI=1S/C20H19N5O/c1-24-17-6-3-2-5-16(17)22-19(24)13-25-9-8-15-14(12-25)11-21-20(23-15)18-7-4-10-26-18/h2-7,10-11H,8-9,12-13H2,1H3. The second-order valence-electron chi connectivity index (χ2n) is 6.68. The molecule has 0 amide bonds. The Bertz CT molecular complexity index is 1070. The smallest absolute Gasteiger partial charge is 0.195 e. The minimum Gasteiger partial charge on any atom is -0.461 e. The van der Waals surface area contributed by atoms with Gasteiger partial charge in [0.2, 0.25) is 0 Å². The molecule has 0 fully saturated rings. The molecule has 0 spiro atoms. The first-order chi connectivity index (χ1) is 12.8. The Morgan fingerprint density at radius 1 is 1.12 bits per heavy atom. The van der Waals surface area contributed by atoms with E-state index < -0.39 is 0 Å². The van der Waals surface area contributed by atoms with Crippen molar-refractivity contribution in [3.8, 4) is 11.6 Å². The normalized spacial score (nSPS) is 14.7. The molecule has 130 valence electrons. The first kappa shape index (κ1) is 15.3. The number of hydrogen-bond acceptors (Lipinski definition) is 5. The Morgan fingerprint density at radius 2 is 2.04 bits per heavy atom. The zero-order chi connectivity index (χ0) is 17.5. The van der Waals surface area contributed by atoms with Crippen molar-refractivity contribution >= 4 is 11.0 Å². The summed E-state index contributed by atoms with van der Waals surface area (Å²) in [6.07, 6.45) is 4.49. The number of rotatable bonds is 3. The number of aromatic nitrogens is 4. The van der Waals surface area contributed by atoms with Gasteiger partial charge < -0.3 is 8.98 Å². The highest BCUT2D eigenvalue weighted by atomic mass is 16.3. The van der Waals surface area contributed by atoms with E-state index in [0.717, 1.165) is 48.9 Å². The van der Waals surface area contributed by atoms with Gasteiger partial charge in [-0.2, -0.15) is 0 Å². The number of aryl methyl sites for hydroxylation is 1. The summed E-state index contributed by atoms with van der Waals surface area (Å²) in [5.41, 5.74) is 4.53. The molecular weight excluding hydrogens is 326 g/mol. The van der Waals surface area contributed by atoms with Crippen molar-refractivity contribution in [1.29, 1.82) is 0 Å². The summed E-state index contributed by atoms with van der Waals surface area (Å²) in [5, 5.41) is 0. The lowest BCUT2D eigenvalue weighted by Gasteiger charge is -2.27. The van der Waals surface area contributed by atoms with E-state index in [9.17, 15) is 0 Å². The predicted molar refractivity (Wildman–Crippen MR) is 98.3 cm³/mol. The molecule has 5 rings (SSSR count). The van der Waals surface area contributed by atoms with Crippen LogP contribution in [0.5, 0.6) is 0 Å². The van der Waals surface area contributed by atoms with E-state index in [1.165, 1.54) is 11.1 Å². The summed E-state index contributed by atoms with van der Waals surface area (Å²) < 4.78 is 7.59. The van der Waals surface area contributed by atoms with Crippen molar-refractivity contribution in [1.82, 2.24) is 24.4 Å². The third kappa shape index (κ3) is 2.59. The average molecular weight is 345 g/mol. The molecule has 1 aliphatic heterocycles. The van der Waals surface area contributed by atoms with Gasteiger partial charge in [-0.1, -0.05) is 12.1 Å². The second-order valence-corrected chi connectivity index (χ2v) is 6.68. The Morgan fingerprint density at radius 3 is 2.88 bits per heavy atom. The fourth-order valence-electron chi connectivity index (χ4n) is 3.57. The summed E-state index contributed by atoms with van der Waals surface area (Å²) in [6, 6.07) is 12.0.